The lowest BCUT2D eigenvalue weighted by Gasteiger charge is -2.13. The van der Waals surface area contributed by atoms with E-state index in [0.717, 1.165) is 43.0 Å². The quantitative estimate of drug-likeness (QED) is 0.789. The molecule has 1 aromatic heterocycles. The van der Waals surface area contributed by atoms with Crippen molar-refractivity contribution in [3.8, 4) is 11.4 Å². The minimum absolute atomic E-state index is 0. The molecule has 1 aliphatic rings. The molecule has 1 amide bonds. The van der Waals surface area contributed by atoms with E-state index in [1.807, 2.05) is 6.07 Å². The van der Waals surface area contributed by atoms with Crippen LogP contribution in [0.2, 0.25) is 5.02 Å². The summed E-state index contributed by atoms with van der Waals surface area (Å²) in [6.45, 7) is 3.00. The van der Waals surface area contributed by atoms with Gasteiger partial charge < -0.3 is 15.6 Å². The highest BCUT2D eigenvalue weighted by molar-refractivity contribution is 6.33. The summed E-state index contributed by atoms with van der Waals surface area (Å²) in [7, 11) is 0. The first-order chi connectivity index (χ1) is 11.6. The molecule has 6 nitrogen and oxygen atoms in total. The maximum atomic E-state index is 12.0. The van der Waals surface area contributed by atoms with Gasteiger partial charge in [0, 0.05) is 36.7 Å². The van der Waals surface area contributed by atoms with E-state index in [1.54, 1.807) is 19.1 Å². The van der Waals surface area contributed by atoms with E-state index in [-0.39, 0.29) is 36.6 Å². The number of hydrogen-bond acceptors (Lipinski definition) is 4. The number of fused-ring (bicyclic) bond motifs is 1. The Balaban J connectivity index is 0.00000169. The fourth-order valence-electron chi connectivity index (χ4n) is 2.83. The first-order valence-corrected chi connectivity index (χ1v) is 8.71. The van der Waals surface area contributed by atoms with Gasteiger partial charge in [-0.2, -0.15) is 0 Å². The van der Waals surface area contributed by atoms with Gasteiger partial charge in [0.2, 0.25) is 5.91 Å². The highest BCUT2D eigenvalue weighted by Crippen LogP contribution is 2.31. The Morgan fingerprint density at radius 1 is 1.31 bits per heavy atom. The number of carbonyl (C=O) groups is 1. The maximum absolute atomic E-state index is 12.0. The van der Waals surface area contributed by atoms with E-state index in [1.165, 1.54) is 6.42 Å². The van der Waals surface area contributed by atoms with Gasteiger partial charge in [-0.1, -0.05) is 24.9 Å². The molecule has 26 heavy (non-hydrogen) atoms. The zero-order valence-electron chi connectivity index (χ0n) is 14.6. The molecule has 3 rings (SSSR count). The Hall–Kier alpha value is -1.34. The highest BCUT2D eigenvalue weighted by Gasteiger charge is 2.19. The number of benzene rings is 1. The van der Waals surface area contributed by atoms with E-state index in [9.17, 15) is 4.79 Å². The van der Waals surface area contributed by atoms with Crippen LogP contribution in [0.4, 0.5) is 5.69 Å². The Kier molecular flexibility index (Phi) is 8.83. The molecule has 2 aromatic rings. The Morgan fingerprint density at radius 3 is 2.81 bits per heavy atom. The summed E-state index contributed by atoms with van der Waals surface area (Å²) in [5.74, 6) is 1.42. The highest BCUT2D eigenvalue weighted by atomic mass is 35.5. The summed E-state index contributed by atoms with van der Waals surface area (Å²) >= 11 is 6.38. The van der Waals surface area contributed by atoms with E-state index >= 15 is 0 Å². The van der Waals surface area contributed by atoms with Crippen molar-refractivity contribution in [3.63, 3.8) is 0 Å². The molecule has 3 N–H and O–H groups in total. The van der Waals surface area contributed by atoms with Crippen LogP contribution < -0.4 is 11.1 Å². The Morgan fingerprint density at radius 2 is 2.08 bits per heavy atom. The van der Waals surface area contributed by atoms with Crippen LogP contribution in [0.5, 0.6) is 0 Å². The minimum atomic E-state index is -0.242. The fraction of sp³-hybridized carbons (Fsp3) is 0.471. The van der Waals surface area contributed by atoms with Crippen molar-refractivity contribution in [1.29, 1.82) is 0 Å². The van der Waals surface area contributed by atoms with E-state index < -0.39 is 0 Å². The second-order valence-electron chi connectivity index (χ2n) is 6.22. The van der Waals surface area contributed by atoms with Crippen molar-refractivity contribution >= 4 is 48.0 Å². The molecule has 1 atom stereocenters. The third-order valence-corrected chi connectivity index (χ3v) is 4.72. The molecule has 0 bridgehead atoms. The van der Waals surface area contributed by atoms with Gasteiger partial charge in [-0.3, -0.25) is 4.79 Å². The number of hydrogen-bond donors (Lipinski definition) is 2. The van der Waals surface area contributed by atoms with Gasteiger partial charge in [0.25, 0.3) is 0 Å². The van der Waals surface area contributed by atoms with E-state index in [2.05, 4.69) is 20.1 Å². The summed E-state index contributed by atoms with van der Waals surface area (Å²) in [5, 5.41) is 12.1. The van der Waals surface area contributed by atoms with Gasteiger partial charge >= 0.3 is 0 Å². The third kappa shape index (κ3) is 4.88. The molecule has 1 unspecified atom stereocenters. The standard InChI is InChI=1S/C17H22ClN5O.2ClH/c1-11(10-19)17(24)20-12-6-7-14(18)13(9-12)16-22-21-15-5-3-2-4-8-23(15)16;;/h6-7,9,11H,2-5,8,10,19H2,1H3,(H,20,24);2*1H. The number of nitrogens with one attached hydrogen (secondary N) is 1. The van der Waals surface area contributed by atoms with Crippen LogP contribution >= 0.6 is 36.4 Å². The molecule has 144 valence electrons. The van der Waals surface area contributed by atoms with Crippen LogP contribution in [0.15, 0.2) is 18.2 Å². The number of nitrogens with zero attached hydrogens (tertiary/aromatic N) is 3. The summed E-state index contributed by atoms with van der Waals surface area (Å²) in [4.78, 5) is 12.0. The lowest BCUT2D eigenvalue weighted by molar-refractivity contribution is -0.119. The zero-order valence-corrected chi connectivity index (χ0v) is 17.0. The molecular formula is C17H24Cl3N5O. The van der Waals surface area contributed by atoms with Crippen molar-refractivity contribution in [2.24, 2.45) is 11.7 Å². The Labute approximate surface area is 170 Å². The summed E-state index contributed by atoms with van der Waals surface area (Å²) < 4.78 is 2.14. The van der Waals surface area contributed by atoms with Crippen molar-refractivity contribution in [3.05, 3.63) is 29.0 Å². The van der Waals surface area contributed by atoms with Crippen LogP contribution in [0, 0.1) is 5.92 Å². The van der Waals surface area contributed by atoms with E-state index in [0.29, 0.717) is 17.3 Å². The van der Waals surface area contributed by atoms with Crippen molar-refractivity contribution < 1.29 is 4.79 Å². The second kappa shape index (κ2) is 10.1. The van der Waals surface area contributed by atoms with E-state index in [4.69, 9.17) is 17.3 Å². The number of aromatic nitrogens is 3. The van der Waals surface area contributed by atoms with Crippen LogP contribution in [-0.4, -0.2) is 27.2 Å². The van der Waals surface area contributed by atoms with Gasteiger partial charge in [0.05, 0.1) is 5.02 Å². The predicted octanol–water partition coefficient (Wildman–Crippen LogP) is 3.70. The molecule has 0 saturated carbocycles. The molecule has 1 aromatic carbocycles. The normalized spacial score (nSPS) is 14.3. The maximum Gasteiger partial charge on any atom is 0.228 e. The van der Waals surface area contributed by atoms with Crippen LogP contribution in [0.3, 0.4) is 0 Å². The first kappa shape index (κ1) is 22.7. The monoisotopic (exact) mass is 419 g/mol. The van der Waals surface area contributed by atoms with Crippen molar-refractivity contribution in [2.75, 3.05) is 11.9 Å². The van der Waals surface area contributed by atoms with Gasteiger partial charge in [-0.05, 0) is 31.0 Å². The van der Waals surface area contributed by atoms with Crippen molar-refractivity contribution in [2.45, 2.75) is 39.2 Å². The largest absolute Gasteiger partial charge is 0.330 e. The van der Waals surface area contributed by atoms with Gasteiger partial charge in [-0.15, -0.1) is 35.0 Å². The molecule has 0 fully saturated rings. The van der Waals surface area contributed by atoms with Crippen molar-refractivity contribution in [1.82, 2.24) is 14.8 Å². The average Bonchev–Trinajstić information content (AvgIpc) is 2.83. The second-order valence-corrected chi connectivity index (χ2v) is 6.63. The molecule has 9 heteroatoms. The minimum Gasteiger partial charge on any atom is -0.330 e. The van der Waals surface area contributed by atoms with Crippen LogP contribution in [0.1, 0.15) is 32.0 Å². The van der Waals surface area contributed by atoms with Gasteiger partial charge in [0.1, 0.15) is 5.82 Å². The third-order valence-electron chi connectivity index (χ3n) is 4.39. The average molecular weight is 421 g/mol. The summed E-state index contributed by atoms with van der Waals surface area (Å²) in [6.07, 6.45) is 4.39. The smallest absolute Gasteiger partial charge is 0.228 e. The van der Waals surface area contributed by atoms with Gasteiger partial charge in [0.15, 0.2) is 5.82 Å². The lowest BCUT2D eigenvalue weighted by Crippen LogP contribution is -2.26. The number of carbonyl (C=O) groups excluding carboxylic acids is 1. The molecule has 0 radical (unpaired) electrons. The molecule has 0 spiro atoms. The number of amides is 1. The number of halogens is 3. The number of nitrogens with two attached hydrogens (primary N) is 1. The number of rotatable bonds is 4. The summed E-state index contributed by atoms with van der Waals surface area (Å²) in [6, 6.07) is 5.41. The number of aryl methyl sites for hydroxylation is 1. The van der Waals surface area contributed by atoms with Crippen LogP contribution in [0.25, 0.3) is 11.4 Å². The zero-order chi connectivity index (χ0) is 17.1. The first-order valence-electron chi connectivity index (χ1n) is 8.33. The predicted molar refractivity (Wildman–Crippen MR) is 109 cm³/mol. The Bertz CT molecular complexity index is 750. The van der Waals surface area contributed by atoms with Gasteiger partial charge in [-0.25, -0.2) is 0 Å². The fourth-order valence-corrected chi connectivity index (χ4v) is 3.03. The topological polar surface area (TPSA) is 85.8 Å². The lowest BCUT2D eigenvalue weighted by atomic mass is 10.1. The van der Waals surface area contributed by atoms with Crippen LogP contribution in [-0.2, 0) is 17.8 Å². The number of anilines is 1. The molecule has 2 heterocycles. The summed E-state index contributed by atoms with van der Waals surface area (Å²) in [5.41, 5.74) is 7.02. The SMILES string of the molecule is CC(CN)C(=O)Nc1ccc(Cl)c(-c2nnc3n2CCCCC3)c1.Cl.Cl. The molecule has 0 saturated heterocycles. The molecule has 0 aliphatic carbocycles. The molecular weight excluding hydrogens is 397 g/mol. The molecule has 1 aliphatic heterocycles.